The second-order valence-electron chi connectivity index (χ2n) is 5.55. The number of rotatable bonds is 5. The lowest BCUT2D eigenvalue weighted by molar-refractivity contribution is 0.0696. The molecule has 1 aromatic carbocycles. The van der Waals surface area contributed by atoms with Crippen molar-refractivity contribution >= 4 is 16.0 Å². The van der Waals surface area contributed by atoms with Gasteiger partial charge in [0.05, 0.1) is 5.56 Å². The van der Waals surface area contributed by atoms with Crippen LogP contribution >= 0.6 is 0 Å². The maximum absolute atomic E-state index is 12.9. The van der Waals surface area contributed by atoms with Crippen molar-refractivity contribution in [3.05, 3.63) is 72.1 Å². The van der Waals surface area contributed by atoms with Gasteiger partial charge >= 0.3 is 5.97 Å². The fraction of sp³-hybridized carbons (Fsp3) is 0.111. The van der Waals surface area contributed by atoms with Gasteiger partial charge in [-0.25, -0.2) is 32.3 Å². The molecule has 0 unspecified atom stereocenters. The highest BCUT2D eigenvalue weighted by Gasteiger charge is 2.11. The number of carboxylic acid groups (broad SMARTS) is 1. The molecule has 2 heterocycles. The lowest BCUT2D eigenvalue weighted by Gasteiger charge is -2.02. The van der Waals surface area contributed by atoms with Crippen LogP contribution in [0.1, 0.15) is 15.9 Å². The number of carboxylic acids is 1. The first-order chi connectivity index (χ1) is 13.8. The Balaban J connectivity index is 0.000000212. The number of nitrogens with two attached hydrogens (primary N) is 1. The molecule has 152 valence electrons. The van der Waals surface area contributed by atoms with E-state index < -0.39 is 16.0 Å². The first-order valence-corrected chi connectivity index (χ1v) is 9.64. The van der Waals surface area contributed by atoms with Gasteiger partial charge in [0.25, 0.3) is 0 Å². The molecule has 0 bridgehead atoms. The fourth-order valence-corrected chi connectivity index (χ4v) is 2.80. The van der Waals surface area contributed by atoms with E-state index in [1.165, 1.54) is 50.0 Å². The van der Waals surface area contributed by atoms with E-state index >= 15 is 0 Å². The summed E-state index contributed by atoms with van der Waals surface area (Å²) in [7, 11) is -2.05. The molecule has 4 N–H and O–H groups in total. The van der Waals surface area contributed by atoms with E-state index in [-0.39, 0.29) is 22.8 Å². The number of halogens is 1. The van der Waals surface area contributed by atoms with Crippen LogP contribution in [0.25, 0.3) is 11.4 Å². The van der Waals surface area contributed by atoms with Gasteiger partial charge in [0.1, 0.15) is 10.7 Å². The predicted octanol–water partition coefficient (Wildman–Crippen LogP) is 1.43. The normalized spacial score (nSPS) is 10.7. The average Bonchev–Trinajstić information content (AvgIpc) is 2.74. The molecule has 0 radical (unpaired) electrons. The molecule has 0 aliphatic rings. The van der Waals surface area contributed by atoms with E-state index in [1.807, 2.05) is 0 Å². The largest absolute Gasteiger partial charge is 0.478 e. The van der Waals surface area contributed by atoms with Crippen molar-refractivity contribution in [1.29, 1.82) is 0 Å². The van der Waals surface area contributed by atoms with Crippen LogP contribution in [-0.2, 0) is 16.6 Å². The monoisotopic (exact) mass is 419 g/mol. The summed E-state index contributed by atoms with van der Waals surface area (Å²) >= 11 is 0. The van der Waals surface area contributed by atoms with Crippen LogP contribution in [0.15, 0.2) is 60.0 Å². The third-order valence-corrected chi connectivity index (χ3v) is 4.95. The van der Waals surface area contributed by atoms with Gasteiger partial charge in [-0.15, -0.1) is 0 Å². The van der Waals surface area contributed by atoms with Crippen molar-refractivity contribution in [3.63, 3.8) is 0 Å². The Hall–Kier alpha value is -3.28. The van der Waals surface area contributed by atoms with Crippen LogP contribution in [0.5, 0.6) is 0 Å². The smallest absolute Gasteiger partial charge is 0.338 e. The summed E-state index contributed by atoms with van der Waals surface area (Å²) in [6.07, 6.45) is 5.20. The van der Waals surface area contributed by atoms with E-state index in [4.69, 9.17) is 10.8 Å². The van der Waals surface area contributed by atoms with Crippen LogP contribution in [0.4, 0.5) is 4.39 Å². The average molecular weight is 419 g/mol. The summed E-state index contributed by atoms with van der Waals surface area (Å²) in [5, 5.41) is 8.65. The van der Waals surface area contributed by atoms with Crippen molar-refractivity contribution in [2.75, 3.05) is 7.05 Å². The van der Waals surface area contributed by atoms with E-state index in [2.05, 4.69) is 19.7 Å². The van der Waals surface area contributed by atoms with E-state index in [1.54, 1.807) is 12.1 Å². The number of nitrogens with zero attached hydrogens (tertiary/aromatic N) is 3. The third kappa shape index (κ3) is 6.10. The zero-order valence-corrected chi connectivity index (χ0v) is 16.1. The first kappa shape index (κ1) is 22.0. The molecule has 2 aromatic heterocycles. The van der Waals surface area contributed by atoms with Gasteiger partial charge in [0, 0.05) is 36.9 Å². The Morgan fingerprint density at radius 1 is 1.17 bits per heavy atom. The minimum Gasteiger partial charge on any atom is -0.478 e. The molecule has 0 fully saturated rings. The molecule has 3 rings (SSSR count). The van der Waals surface area contributed by atoms with Gasteiger partial charge in [-0.05, 0) is 30.8 Å². The molecule has 0 atom stereocenters. The third-order valence-electron chi connectivity index (χ3n) is 3.57. The van der Waals surface area contributed by atoms with Crippen LogP contribution < -0.4 is 10.5 Å². The number of aromatic carboxylic acids is 1. The van der Waals surface area contributed by atoms with Gasteiger partial charge in [-0.1, -0.05) is 12.1 Å². The summed E-state index contributed by atoms with van der Waals surface area (Å²) in [5.74, 6) is -1.18. The number of nitrogens with one attached hydrogen (secondary N) is 1. The zero-order chi connectivity index (χ0) is 21.4. The molecular weight excluding hydrogens is 401 g/mol. The second kappa shape index (κ2) is 9.78. The molecule has 0 saturated carbocycles. The Kier molecular flexibility index (Phi) is 7.42. The Labute approximate surface area is 166 Å². The number of benzene rings is 1. The molecule has 29 heavy (non-hydrogen) atoms. The molecule has 0 aliphatic heterocycles. The molecular formula is C18H18FN5O4S. The van der Waals surface area contributed by atoms with E-state index in [0.717, 1.165) is 0 Å². The molecule has 11 heteroatoms. The molecule has 9 nitrogen and oxygen atoms in total. The highest BCUT2D eigenvalue weighted by molar-refractivity contribution is 7.89. The van der Waals surface area contributed by atoms with Gasteiger partial charge < -0.3 is 10.8 Å². The summed E-state index contributed by atoms with van der Waals surface area (Å²) < 4.78 is 37.7. The molecule has 3 aromatic rings. The Bertz CT molecular complexity index is 1090. The minimum atomic E-state index is -3.40. The molecule has 0 aliphatic carbocycles. The van der Waals surface area contributed by atoms with Crippen LogP contribution in [0.3, 0.4) is 0 Å². The van der Waals surface area contributed by atoms with E-state index in [9.17, 15) is 17.6 Å². The molecule has 0 spiro atoms. The van der Waals surface area contributed by atoms with Crippen LogP contribution in [-0.4, -0.2) is 41.5 Å². The number of hydrogen-bond donors (Lipinski definition) is 3. The van der Waals surface area contributed by atoms with Crippen LogP contribution in [0, 0.1) is 5.82 Å². The van der Waals surface area contributed by atoms with Crippen molar-refractivity contribution in [2.24, 2.45) is 5.73 Å². The van der Waals surface area contributed by atoms with Gasteiger partial charge in [0.2, 0.25) is 10.0 Å². The Morgan fingerprint density at radius 2 is 1.86 bits per heavy atom. The minimum absolute atomic E-state index is 0.000142. The van der Waals surface area contributed by atoms with Crippen LogP contribution in [0.2, 0.25) is 0 Å². The maximum Gasteiger partial charge on any atom is 0.338 e. The fourth-order valence-electron chi connectivity index (χ4n) is 2.06. The quantitative estimate of drug-likeness (QED) is 0.562. The number of carbonyl (C=O) groups is 1. The van der Waals surface area contributed by atoms with Crippen molar-refractivity contribution in [2.45, 2.75) is 11.4 Å². The lowest BCUT2D eigenvalue weighted by Crippen LogP contribution is -2.19. The maximum atomic E-state index is 12.9. The SMILES string of the molecule is CNS(=O)(=O)c1cncc(CN)c1.O=C(O)c1cnc(-c2cccc(F)c2)nc1. The van der Waals surface area contributed by atoms with Gasteiger partial charge in [-0.2, -0.15) is 0 Å². The summed E-state index contributed by atoms with van der Waals surface area (Å²) in [5.41, 5.74) is 6.55. The number of hydrogen-bond acceptors (Lipinski definition) is 7. The van der Waals surface area contributed by atoms with Gasteiger partial charge in [0.15, 0.2) is 5.82 Å². The summed E-state index contributed by atoms with van der Waals surface area (Å²) in [6, 6.07) is 7.29. The van der Waals surface area contributed by atoms with Crippen molar-refractivity contribution in [3.8, 4) is 11.4 Å². The standard InChI is InChI=1S/C11H7FN2O2.C7H11N3O2S/c12-9-3-1-2-7(4-9)10-13-5-8(6-14-10)11(15)16;1-9-13(11,12)7-2-6(3-8)4-10-5-7/h1-6H,(H,15,16);2,4-5,9H,3,8H2,1H3. The Morgan fingerprint density at radius 3 is 2.41 bits per heavy atom. The van der Waals surface area contributed by atoms with Crippen molar-refractivity contribution in [1.82, 2.24) is 19.7 Å². The number of sulfonamides is 1. The van der Waals surface area contributed by atoms with Crippen molar-refractivity contribution < 1.29 is 22.7 Å². The summed E-state index contributed by atoms with van der Waals surface area (Å²) in [4.78, 5) is 22.2. The first-order valence-electron chi connectivity index (χ1n) is 8.15. The molecule has 0 saturated heterocycles. The topological polar surface area (TPSA) is 148 Å². The molecule has 0 amide bonds. The zero-order valence-electron chi connectivity index (χ0n) is 15.3. The lowest BCUT2D eigenvalue weighted by atomic mass is 10.2. The second-order valence-corrected chi connectivity index (χ2v) is 7.44. The van der Waals surface area contributed by atoms with Gasteiger partial charge in [-0.3, -0.25) is 4.98 Å². The highest BCUT2D eigenvalue weighted by Crippen LogP contribution is 2.15. The highest BCUT2D eigenvalue weighted by atomic mass is 32.2. The summed E-state index contributed by atoms with van der Waals surface area (Å²) in [6.45, 7) is 0.278. The predicted molar refractivity (Wildman–Crippen MR) is 103 cm³/mol. The number of aromatic nitrogens is 3. The van der Waals surface area contributed by atoms with E-state index in [0.29, 0.717) is 17.0 Å². The number of pyridine rings is 1.